The van der Waals surface area contributed by atoms with Gasteiger partial charge in [0.2, 0.25) is 5.91 Å². The first-order chi connectivity index (χ1) is 7.24. The van der Waals surface area contributed by atoms with Crippen molar-refractivity contribution in [2.75, 3.05) is 0 Å². The molecular weight excluding hydrogens is 188 g/mol. The van der Waals surface area contributed by atoms with E-state index in [1.54, 1.807) is 0 Å². The van der Waals surface area contributed by atoms with E-state index < -0.39 is 0 Å². The fraction of sp³-hybridized carbons (Fsp3) is 0.417. The number of nitrogens with two attached hydrogens (primary N) is 1. The monoisotopic (exact) mass is 202 g/mol. The summed E-state index contributed by atoms with van der Waals surface area (Å²) in [6, 6.07) is 9.91. The van der Waals surface area contributed by atoms with Gasteiger partial charge in [0.05, 0.1) is 11.5 Å². The third-order valence-corrected chi connectivity index (χ3v) is 3.68. The Bertz CT molecular complexity index is 397. The fourth-order valence-electron chi connectivity index (χ4n) is 2.49. The third kappa shape index (κ3) is 1.13. The second kappa shape index (κ2) is 2.83. The molecular formula is C12H14N2O. The van der Waals surface area contributed by atoms with Gasteiger partial charge in [-0.2, -0.15) is 0 Å². The van der Waals surface area contributed by atoms with E-state index in [-0.39, 0.29) is 23.4 Å². The average molecular weight is 202 g/mol. The van der Waals surface area contributed by atoms with Crippen molar-refractivity contribution in [1.82, 2.24) is 5.32 Å². The van der Waals surface area contributed by atoms with Crippen LogP contribution in [0.25, 0.3) is 0 Å². The Balaban J connectivity index is 1.94. The van der Waals surface area contributed by atoms with E-state index in [9.17, 15) is 4.79 Å². The van der Waals surface area contributed by atoms with E-state index in [1.165, 1.54) is 0 Å². The maximum atomic E-state index is 11.8. The molecule has 1 heterocycles. The molecule has 3 N–H and O–H groups in total. The van der Waals surface area contributed by atoms with Crippen LogP contribution in [0.2, 0.25) is 0 Å². The van der Waals surface area contributed by atoms with Gasteiger partial charge in [-0.1, -0.05) is 30.3 Å². The van der Waals surface area contributed by atoms with E-state index in [0.717, 1.165) is 18.4 Å². The van der Waals surface area contributed by atoms with Crippen LogP contribution in [0.15, 0.2) is 30.3 Å². The van der Waals surface area contributed by atoms with Crippen molar-refractivity contribution in [2.24, 2.45) is 11.1 Å². The van der Waals surface area contributed by atoms with Crippen LogP contribution >= 0.6 is 0 Å². The van der Waals surface area contributed by atoms with Gasteiger partial charge in [-0.25, -0.2) is 0 Å². The summed E-state index contributed by atoms with van der Waals surface area (Å²) in [5, 5.41) is 3.01. The summed E-state index contributed by atoms with van der Waals surface area (Å²) in [5.41, 5.74) is 7.04. The Labute approximate surface area is 88.7 Å². The largest absolute Gasteiger partial charge is 0.347 e. The molecule has 15 heavy (non-hydrogen) atoms. The van der Waals surface area contributed by atoms with E-state index in [0.29, 0.717) is 0 Å². The molecule has 0 radical (unpaired) electrons. The van der Waals surface area contributed by atoms with E-state index in [4.69, 9.17) is 5.73 Å². The minimum Gasteiger partial charge on any atom is -0.347 e. The van der Waals surface area contributed by atoms with Gasteiger partial charge >= 0.3 is 0 Å². The number of carbonyl (C=O) groups is 1. The van der Waals surface area contributed by atoms with Gasteiger partial charge in [0.15, 0.2) is 0 Å². The smallest absolute Gasteiger partial charge is 0.228 e. The molecule has 2 unspecified atom stereocenters. The molecule has 2 aliphatic rings. The quantitative estimate of drug-likeness (QED) is 0.712. The molecule has 3 heteroatoms. The van der Waals surface area contributed by atoms with Crippen molar-refractivity contribution in [2.45, 2.75) is 24.9 Å². The van der Waals surface area contributed by atoms with Crippen molar-refractivity contribution < 1.29 is 4.79 Å². The summed E-state index contributed by atoms with van der Waals surface area (Å²) < 4.78 is 0. The standard InChI is InChI=1S/C12H14N2O/c13-10-9(8-4-2-1-3-5-8)14-11(15)12(10)6-7-12/h1-5,9-10H,6-7,13H2,(H,14,15). The lowest BCUT2D eigenvalue weighted by atomic mass is 9.92. The number of hydrogen-bond donors (Lipinski definition) is 2. The maximum absolute atomic E-state index is 11.8. The van der Waals surface area contributed by atoms with Crippen molar-refractivity contribution in [3.05, 3.63) is 35.9 Å². The predicted octanol–water partition coefficient (Wildman–Crippen LogP) is 0.965. The highest BCUT2D eigenvalue weighted by molar-refractivity contribution is 5.89. The summed E-state index contributed by atoms with van der Waals surface area (Å²) in [6.45, 7) is 0. The number of amides is 1. The topological polar surface area (TPSA) is 55.1 Å². The predicted molar refractivity (Wildman–Crippen MR) is 57.0 cm³/mol. The molecule has 3 rings (SSSR count). The summed E-state index contributed by atoms with van der Waals surface area (Å²) in [4.78, 5) is 11.8. The van der Waals surface area contributed by atoms with Crippen LogP contribution in [0.4, 0.5) is 0 Å². The Morgan fingerprint density at radius 3 is 2.47 bits per heavy atom. The zero-order valence-corrected chi connectivity index (χ0v) is 8.44. The van der Waals surface area contributed by atoms with Crippen molar-refractivity contribution in [3.63, 3.8) is 0 Å². The number of hydrogen-bond acceptors (Lipinski definition) is 2. The molecule has 1 amide bonds. The van der Waals surface area contributed by atoms with E-state index >= 15 is 0 Å². The van der Waals surface area contributed by atoms with Gasteiger partial charge < -0.3 is 11.1 Å². The first-order valence-electron chi connectivity index (χ1n) is 5.35. The second-order valence-corrected chi connectivity index (χ2v) is 4.54. The molecule has 1 saturated carbocycles. The molecule has 1 aromatic carbocycles. The minimum absolute atomic E-state index is 0.00111. The van der Waals surface area contributed by atoms with Crippen LogP contribution in [0.5, 0.6) is 0 Å². The number of nitrogens with one attached hydrogen (secondary N) is 1. The minimum atomic E-state index is -0.236. The van der Waals surface area contributed by atoms with E-state index in [2.05, 4.69) is 5.32 Å². The van der Waals surface area contributed by atoms with Crippen LogP contribution in [-0.4, -0.2) is 11.9 Å². The summed E-state index contributed by atoms with van der Waals surface area (Å²) >= 11 is 0. The molecule has 2 atom stereocenters. The van der Waals surface area contributed by atoms with Gasteiger partial charge in [-0.3, -0.25) is 4.79 Å². The zero-order chi connectivity index (χ0) is 10.5. The first kappa shape index (κ1) is 8.92. The van der Waals surface area contributed by atoms with E-state index in [1.807, 2.05) is 30.3 Å². The Hall–Kier alpha value is -1.35. The summed E-state index contributed by atoms with van der Waals surface area (Å²) in [6.07, 6.45) is 1.90. The molecule has 2 fully saturated rings. The molecule has 0 bridgehead atoms. The molecule has 0 aromatic heterocycles. The van der Waals surface area contributed by atoms with Gasteiger partial charge in [0, 0.05) is 6.04 Å². The van der Waals surface area contributed by atoms with Gasteiger partial charge in [-0.05, 0) is 18.4 Å². The highest BCUT2D eigenvalue weighted by Gasteiger charge is 2.61. The number of rotatable bonds is 1. The number of carbonyl (C=O) groups excluding carboxylic acids is 1. The van der Waals surface area contributed by atoms with Gasteiger partial charge in [0.25, 0.3) is 0 Å². The third-order valence-electron chi connectivity index (χ3n) is 3.68. The van der Waals surface area contributed by atoms with Crippen LogP contribution in [0, 0.1) is 5.41 Å². The zero-order valence-electron chi connectivity index (χ0n) is 8.44. The second-order valence-electron chi connectivity index (χ2n) is 4.54. The fourth-order valence-corrected chi connectivity index (χ4v) is 2.49. The highest BCUT2D eigenvalue weighted by atomic mass is 16.2. The molecule has 1 spiro atoms. The van der Waals surface area contributed by atoms with Crippen molar-refractivity contribution >= 4 is 5.91 Å². The molecule has 1 aromatic rings. The highest BCUT2D eigenvalue weighted by Crippen LogP contribution is 2.54. The normalized spacial score (nSPS) is 31.7. The van der Waals surface area contributed by atoms with Crippen LogP contribution in [0.1, 0.15) is 24.4 Å². The SMILES string of the molecule is NC1C(c2ccccc2)NC(=O)C12CC2. The molecule has 3 nitrogen and oxygen atoms in total. The lowest BCUT2D eigenvalue weighted by Crippen LogP contribution is -2.33. The Kier molecular flexibility index (Phi) is 1.68. The van der Waals surface area contributed by atoms with Crippen molar-refractivity contribution in [3.8, 4) is 0 Å². The Morgan fingerprint density at radius 2 is 1.93 bits per heavy atom. The van der Waals surface area contributed by atoms with Crippen LogP contribution in [0.3, 0.4) is 0 Å². The summed E-state index contributed by atoms with van der Waals surface area (Å²) in [5.74, 6) is 0.142. The first-order valence-corrected chi connectivity index (χ1v) is 5.35. The molecule has 1 aliphatic carbocycles. The van der Waals surface area contributed by atoms with Gasteiger partial charge in [-0.15, -0.1) is 0 Å². The van der Waals surface area contributed by atoms with Gasteiger partial charge in [0.1, 0.15) is 0 Å². The lowest BCUT2D eigenvalue weighted by Gasteiger charge is -2.17. The van der Waals surface area contributed by atoms with Crippen LogP contribution < -0.4 is 11.1 Å². The molecule has 1 saturated heterocycles. The maximum Gasteiger partial charge on any atom is 0.228 e. The van der Waals surface area contributed by atoms with Crippen LogP contribution in [-0.2, 0) is 4.79 Å². The lowest BCUT2D eigenvalue weighted by molar-refractivity contribution is -0.123. The Morgan fingerprint density at radius 1 is 1.27 bits per heavy atom. The number of benzene rings is 1. The van der Waals surface area contributed by atoms with Crippen molar-refractivity contribution in [1.29, 1.82) is 0 Å². The molecule has 78 valence electrons. The summed E-state index contributed by atoms with van der Waals surface area (Å²) in [7, 11) is 0. The molecule has 1 aliphatic heterocycles. The average Bonchev–Trinajstić information content (AvgIpc) is 3.03.